The van der Waals surface area contributed by atoms with Crippen molar-refractivity contribution in [2.24, 2.45) is 5.41 Å². The fourth-order valence-electron chi connectivity index (χ4n) is 2.63. The lowest BCUT2D eigenvalue weighted by atomic mass is 9.76. The molecule has 3 heteroatoms. The van der Waals surface area contributed by atoms with E-state index in [-0.39, 0.29) is 6.10 Å². The van der Waals surface area contributed by atoms with Crippen LogP contribution in [0.15, 0.2) is 18.2 Å². The molecular weight excluding hydrogens is 250 g/mol. The summed E-state index contributed by atoms with van der Waals surface area (Å²) in [5.41, 5.74) is 7.23. The van der Waals surface area contributed by atoms with Crippen molar-refractivity contribution in [3.05, 3.63) is 18.2 Å². The molecule has 0 bridgehead atoms. The van der Waals surface area contributed by atoms with Gasteiger partial charge in [0, 0.05) is 0 Å². The van der Waals surface area contributed by atoms with Crippen LogP contribution < -0.4 is 15.2 Å². The first-order chi connectivity index (χ1) is 9.52. The van der Waals surface area contributed by atoms with Gasteiger partial charge in [-0.15, -0.1) is 0 Å². The van der Waals surface area contributed by atoms with Crippen molar-refractivity contribution in [3.8, 4) is 11.5 Å². The minimum absolute atomic E-state index is 0.284. The lowest BCUT2D eigenvalue weighted by Crippen LogP contribution is -2.28. The number of ether oxygens (including phenoxy) is 2. The number of nitrogen functional groups attached to an aromatic ring is 1. The Balaban J connectivity index is 1.99. The standard InChI is InChI=1S/C17H27NO2/c1-4-12-19-14-6-5-7-15(16(14)18)20-13-8-10-17(2,3)11-9-13/h5-7,13H,4,8-12,18H2,1-3H3. The zero-order valence-electron chi connectivity index (χ0n) is 12.9. The molecule has 1 aliphatic rings. The first-order valence-corrected chi connectivity index (χ1v) is 7.70. The molecule has 3 nitrogen and oxygen atoms in total. The number of nitrogens with two attached hydrogens (primary N) is 1. The lowest BCUT2D eigenvalue weighted by molar-refractivity contribution is 0.0991. The molecule has 1 aromatic carbocycles. The van der Waals surface area contributed by atoms with Gasteiger partial charge in [0.2, 0.25) is 0 Å². The largest absolute Gasteiger partial charge is 0.491 e. The predicted molar refractivity (Wildman–Crippen MR) is 83.3 cm³/mol. The number of hydrogen-bond acceptors (Lipinski definition) is 3. The second-order valence-electron chi connectivity index (χ2n) is 6.50. The van der Waals surface area contributed by atoms with Crippen molar-refractivity contribution in [2.75, 3.05) is 12.3 Å². The molecule has 1 aromatic rings. The van der Waals surface area contributed by atoms with Crippen molar-refractivity contribution in [1.82, 2.24) is 0 Å². The molecule has 0 amide bonds. The monoisotopic (exact) mass is 277 g/mol. The molecule has 0 aromatic heterocycles. The first-order valence-electron chi connectivity index (χ1n) is 7.70. The highest BCUT2D eigenvalue weighted by molar-refractivity contribution is 5.62. The molecule has 0 atom stereocenters. The topological polar surface area (TPSA) is 44.5 Å². The van der Waals surface area contributed by atoms with Crippen LogP contribution in [0.25, 0.3) is 0 Å². The van der Waals surface area contributed by atoms with E-state index in [1.54, 1.807) is 0 Å². The number of hydrogen-bond donors (Lipinski definition) is 1. The van der Waals surface area contributed by atoms with E-state index in [1.165, 1.54) is 12.8 Å². The summed E-state index contributed by atoms with van der Waals surface area (Å²) in [6.07, 6.45) is 5.89. The molecular formula is C17H27NO2. The smallest absolute Gasteiger partial charge is 0.146 e. The van der Waals surface area contributed by atoms with E-state index >= 15 is 0 Å². The third kappa shape index (κ3) is 3.81. The van der Waals surface area contributed by atoms with Crippen molar-refractivity contribution >= 4 is 5.69 Å². The van der Waals surface area contributed by atoms with Crippen LogP contribution in [-0.2, 0) is 0 Å². The van der Waals surface area contributed by atoms with Crippen LogP contribution in [0.5, 0.6) is 11.5 Å². The Labute approximate surface area is 122 Å². The Bertz CT molecular complexity index is 433. The molecule has 0 heterocycles. The van der Waals surface area contributed by atoms with Gasteiger partial charge in [-0.05, 0) is 49.7 Å². The maximum atomic E-state index is 6.14. The number of benzene rings is 1. The molecule has 0 unspecified atom stereocenters. The van der Waals surface area contributed by atoms with Gasteiger partial charge in [0.05, 0.1) is 12.7 Å². The van der Waals surface area contributed by atoms with Crippen LogP contribution in [-0.4, -0.2) is 12.7 Å². The Morgan fingerprint density at radius 1 is 1.20 bits per heavy atom. The van der Waals surface area contributed by atoms with E-state index in [2.05, 4.69) is 20.8 Å². The SMILES string of the molecule is CCCOc1cccc(OC2CCC(C)(C)CC2)c1N. The maximum Gasteiger partial charge on any atom is 0.146 e. The molecule has 1 aliphatic carbocycles. The van der Waals surface area contributed by atoms with Gasteiger partial charge in [-0.1, -0.05) is 26.8 Å². The van der Waals surface area contributed by atoms with Gasteiger partial charge in [0.15, 0.2) is 0 Å². The maximum absolute atomic E-state index is 6.14. The third-order valence-electron chi connectivity index (χ3n) is 4.07. The average Bonchev–Trinajstić information content (AvgIpc) is 2.42. The van der Waals surface area contributed by atoms with Crippen molar-refractivity contribution in [2.45, 2.75) is 59.0 Å². The Hall–Kier alpha value is -1.38. The highest BCUT2D eigenvalue weighted by atomic mass is 16.5. The highest BCUT2D eigenvalue weighted by Gasteiger charge is 2.28. The summed E-state index contributed by atoms with van der Waals surface area (Å²) in [5, 5.41) is 0. The zero-order valence-corrected chi connectivity index (χ0v) is 12.9. The molecule has 20 heavy (non-hydrogen) atoms. The van der Waals surface area contributed by atoms with Gasteiger partial charge in [-0.2, -0.15) is 0 Å². The highest BCUT2D eigenvalue weighted by Crippen LogP contribution is 2.38. The summed E-state index contributed by atoms with van der Waals surface area (Å²) in [6, 6.07) is 5.79. The Morgan fingerprint density at radius 3 is 2.50 bits per heavy atom. The fraction of sp³-hybridized carbons (Fsp3) is 0.647. The van der Waals surface area contributed by atoms with Crippen molar-refractivity contribution < 1.29 is 9.47 Å². The van der Waals surface area contributed by atoms with E-state index in [0.29, 0.717) is 17.7 Å². The first kappa shape index (κ1) is 15.0. The molecule has 0 aliphatic heterocycles. The summed E-state index contributed by atoms with van der Waals surface area (Å²) < 4.78 is 11.7. The average molecular weight is 277 g/mol. The molecule has 2 N–H and O–H groups in total. The molecule has 0 spiro atoms. The predicted octanol–water partition coefficient (Wildman–Crippen LogP) is 4.41. The summed E-state index contributed by atoms with van der Waals surface area (Å²) >= 11 is 0. The van der Waals surface area contributed by atoms with E-state index in [4.69, 9.17) is 15.2 Å². The normalized spacial score (nSPS) is 18.8. The summed E-state index contributed by atoms with van der Waals surface area (Å²) in [7, 11) is 0. The minimum Gasteiger partial charge on any atom is -0.491 e. The number of anilines is 1. The summed E-state index contributed by atoms with van der Waals surface area (Å²) in [4.78, 5) is 0. The van der Waals surface area contributed by atoms with Gasteiger partial charge in [0.1, 0.15) is 17.2 Å². The Morgan fingerprint density at radius 2 is 1.85 bits per heavy atom. The van der Waals surface area contributed by atoms with E-state index in [0.717, 1.165) is 30.8 Å². The summed E-state index contributed by atoms with van der Waals surface area (Å²) in [5.74, 6) is 1.50. The van der Waals surface area contributed by atoms with Crippen LogP contribution in [0.1, 0.15) is 52.9 Å². The van der Waals surface area contributed by atoms with Gasteiger partial charge < -0.3 is 15.2 Å². The minimum atomic E-state index is 0.284. The van der Waals surface area contributed by atoms with Crippen molar-refractivity contribution in [3.63, 3.8) is 0 Å². The van der Waals surface area contributed by atoms with Gasteiger partial charge in [-0.25, -0.2) is 0 Å². The molecule has 0 saturated heterocycles. The van der Waals surface area contributed by atoms with Crippen LogP contribution in [0, 0.1) is 5.41 Å². The second-order valence-corrected chi connectivity index (χ2v) is 6.50. The lowest BCUT2D eigenvalue weighted by Gasteiger charge is -2.34. The van der Waals surface area contributed by atoms with Gasteiger partial charge in [0.25, 0.3) is 0 Å². The second kappa shape index (κ2) is 6.38. The molecule has 112 valence electrons. The van der Waals surface area contributed by atoms with E-state index in [1.807, 2.05) is 18.2 Å². The van der Waals surface area contributed by atoms with Gasteiger partial charge >= 0.3 is 0 Å². The van der Waals surface area contributed by atoms with E-state index < -0.39 is 0 Å². The summed E-state index contributed by atoms with van der Waals surface area (Å²) in [6.45, 7) is 7.43. The molecule has 1 saturated carbocycles. The quantitative estimate of drug-likeness (QED) is 0.811. The van der Waals surface area contributed by atoms with Gasteiger partial charge in [-0.3, -0.25) is 0 Å². The fourth-order valence-corrected chi connectivity index (χ4v) is 2.63. The number of rotatable bonds is 5. The van der Waals surface area contributed by atoms with Crippen LogP contribution in [0.3, 0.4) is 0 Å². The zero-order chi connectivity index (χ0) is 14.6. The molecule has 0 radical (unpaired) electrons. The van der Waals surface area contributed by atoms with E-state index in [9.17, 15) is 0 Å². The molecule has 1 fully saturated rings. The van der Waals surface area contributed by atoms with Crippen LogP contribution >= 0.6 is 0 Å². The van der Waals surface area contributed by atoms with Crippen LogP contribution in [0.2, 0.25) is 0 Å². The Kier molecular flexibility index (Phi) is 4.79. The number of para-hydroxylation sites is 1. The van der Waals surface area contributed by atoms with Crippen LogP contribution in [0.4, 0.5) is 5.69 Å². The molecule has 2 rings (SSSR count). The third-order valence-corrected chi connectivity index (χ3v) is 4.07. The van der Waals surface area contributed by atoms with Crippen molar-refractivity contribution in [1.29, 1.82) is 0 Å².